The second-order valence-corrected chi connectivity index (χ2v) is 5.12. The number of carbonyl (C=O) groups excluding carboxylic acids is 1. The topological polar surface area (TPSA) is 73.6 Å². The van der Waals surface area contributed by atoms with Gasteiger partial charge < -0.3 is 20.5 Å². The average Bonchev–Trinajstić information content (AvgIpc) is 3.34. The second kappa shape index (κ2) is 7.13. The van der Waals surface area contributed by atoms with Crippen molar-refractivity contribution >= 4 is 5.91 Å². The molecule has 5 heteroatoms. The molecular weight excluding hydrogens is 268 g/mol. The van der Waals surface area contributed by atoms with Crippen LogP contribution in [0.25, 0.3) is 0 Å². The molecular formula is C16H22N2O3. The second-order valence-electron chi connectivity index (χ2n) is 5.12. The standard InChI is InChI=1S/C16H22N2O3/c1-3-8-21-14-7-6-12(9-15(14)20-2)16(19)18-13(10-17)11-4-5-11/h3,6-7,9,11,13H,1,4-5,8,10,17H2,2H3,(H,18,19). The van der Waals surface area contributed by atoms with Gasteiger partial charge in [0.05, 0.1) is 7.11 Å². The molecule has 1 amide bonds. The summed E-state index contributed by atoms with van der Waals surface area (Å²) >= 11 is 0. The first kappa shape index (κ1) is 15.4. The van der Waals surface area contributed by atoms with Gasteiger partial charge >= 0.3 is 0 Å². The minimum Gasteiger partial charge on any atom is -0.493 e. The van der Waals surface area contributed by atoms with Gasteiger partial charge in [-0.2, -0.15) is 0 Å². The molecule has 0 aromatic heterocycles. The van der Waals surface area contributed by atoms with Crippen LogP contribution >= 0.6 is 0 Å². The van der Waals surface area contributed by atoms with Gasteiger partial charge in [0.25, 0.3) is 5.91 Å². The van der Waals surface area contributed by atoms with E-state index in [4.69, 9.17) is 15.2 Å². The van der Waals surface area contributed by atoms with Crippen molar-refractivity contribution in [1.82, 2.24) is 5.32 Å². The molecule has 1 fully saturated rings. The zero-order valence-electron chi connectivity index (χ0n) is 12.3. The highest BCUT2D eigenvalue weighted by Crippen LogP contribution is 2.32. The van der Waals surface area contributed by atoms with Crippen LogP contribution in [0.1, 0.15) is 23.2 Å². The molecule has 1 atom stereocenters. The Kier molecular flexibility index (Phi) is 5.22. The lowest BCUT2D eigenvalue weighted by molar-refractivity contribution is 0.0933. The first-order valence-electron chi connectivity index (χ1n) is 7.12. The number of rotatable bonds is 8. The SMILES string of the molecule is C=CCOc1ccc(C(=O)NC(CN)C2CC2)cc1OC. The molecule has 1 aliphatic rings. The van der Waals surface area contributed by atoms with Crippen molar-refractivity contribution in [3.8, 4) is 11.5 Å². The summed E-state index contributed by atoms with van der Waals surface area (Å²) in [6, 6.07) is 5.18. The Labute approximate surface area is 125 Å². The zero-order valence-corrected chi connectivity index (χ0v) is 12.3. The molecule has 0 spiro atoms. The highest BCUT2D eigenvalue weighted by molar-refractivity contribution is 5.95. The number of carbonyl (C=O) groups is 1. The van der Waals surface area contributed by atoms with Gasteiger partial charge in [0.15, 0.2) is 11.5 Å². The minimum atomic E-state index is -0.133. The summed E-state index contributed by atoms with van der Waals surface area (Å²) in [6.07, 6.45) is 3.93. The van der Waals surface area contributed by atoms with Crippen molar-refractivity contribution in [3.05, 3.63) is 36.4 Å². The van der Waals surface area contributed by atoms with Gasteiger partial charge in [-0.3, -0.25) is 4.79 Å². The minimum absolute atomic E-state index is 0.0557. The van der Waals surface area contributed by atoms with Gasteiger partial charge in [-0.05, 0) is 37.0 Å². The van der Waals surface area contributed by atoms with Crippen LogP contribution in [-0.2, 0) is 0 Å². The van der Waals surface area contributed by atoms with Crippen molar-refractivity contribution in [2.75, 3.05) is 20.3 Å². The molecule has 1 aromatic rings. The van der Waals surface area contributed by atoms with E-state index in [1.165, 1.54) is 0 Å². The summed E-state index contributed by atoms with van der Waals surface area (Å²) in [6.45, 7) is 4.45. The van der Waals surface area contributed by atoms with Crippen LogP contribution in [0.5, 0.6) is 11.5 Å². The van der Waals surface area contributed by atoms with Gasteiger partial charge in [0.2, 0.25) is 0 Å². The van der Waals surface area contributed by atoms with E-state index in [-0.39, 0.29) is 11.9 Å². The Hall–Kier alpha value is -2.01. The van der Waals surface area contributed by atoms with E-state index in [0.29, 0.717) is 36.1 Å². The Bertz CT molecular complexity index is 512. The summed E-state index contributed by atoms with van der Waals surface area (Å²) in [5.41, 5.74) is 6.25. The Morgan fingerprint density at radius 2 is 2.29 bits per heavy atom. The predicted molar refractivity (Wildman–Crippen MR) is 81.7 cm³/mol. The van der Waals surface area contributed by atoms with Crippen LogP contribution in [0, 0.1) is 5.92 Å². The van der Waals surface area contributed by atoms with E-state index in [1.807, 2.05) is 0 Å². The number of nitrogens with one attached hydrogen (secondary N) is 1. The van der Waals surface area contributed by atoms with Crippen LogP contribution in [0.15, 0.2) is 30.9 Å². The van der Waals surface area contributed by atoms with E-state index in [0.717, 1.165) is 12.8 Å². The fraction of sp³-hybridized carbons (Fsp3) is 0.438. The number of amides is 1. The lowest BCUT2D eigenvalue weighted by Gasteiger charge is -2.17. The van der Waals surface area contributed by atoms with Crippen LogP contribution < -0.4 is 20.5 Å². The highest BCUT2D eigenvalue weighted by atomic mass is 16.5. The largest absolute Gasteiger partial charge is 0.493 e. The van der Waals surface area contributed by atoms with E-state index < -0.39 is 0 Å². The third-order valence-corrected chi connectivity index (χ3v) is 3.54. The maximum absolute atomic E-state index is 12.3. The van der Waals surface area contributed by atoms with E-state index in [1.54, 1.807) is 31.4 Å². The van der Waals surface area contributed by atoms with Crippen LogP contribution in [0.3, 0.4) is 0 Å². The molecule has 0 bridgehead atoms. The molecule has 0 radical (unpaired) electrons. The normalized spacial score (nSPS) is 15.1. The third-order valence-electron chi connectivity index (χ3n) is 3.54. The number of benzene rings is 1. The quantitative estimate of drug-likeness (QED) is 0.715. The number of ether oxygens (including phenoxy) is 2. The maximum atomic E-state index is 12.3. The van der Waals surface area contributed by atoms with Gasteiger partial charge in [-0.25, -0.2) is 0 Å². The van der Waals surface area contributed by atoms with Gasteiger partial charge in [-0.1, -0.05) is 12.7 Å². The molecule has 0 heterocycles. The molecule has 5 nitrogen and oxygen atoms in total. The first-order valence-corrected chi connectivity index (χ1v) is 7.12. The number of hydrogen-bond acceptors (Lipinski definition) is 4. The van der Waals surface area contributed by atoms with Gasteiger partial charge in [0.1, 0.15) is 6.61 Å². The highest BCUT2D eigenvalue weighted by Gasteiger charge is 2.31. The van der Waals surface area contributed by atoms with Gasteiger partial charge in [0, 0.05) is 18.2 Å². The lowest BCUT2D eigenvalue weighted by Crippen LogP contribution is -2.41. The summed E-state index contributed by atoms with van der Waals surface area (Å²) in [4.78, 5) is 12.3. The van der Waals surface area contributed by atoms with E-state index in [9.17, 15) is 4.79 Å². The first-order chi connectivity index (χ1) is 10.2. The van der Waals surface area contributed by atoms with E-state index >= 15 is 0 Å². The number of nitrogens with two attached hydrogens (primary N) is 1. The average molecular weight is 290 g/mol. The van der Waals surface area contributed by atoms with Crippen molar-refractivity contribution in [1.29, 1.82) is 0 Å². The molecule has 21 heavy (non-hydrogen) atoms. The molecule has 1 aliphatic carbocycles. The van der Waals surface area contributed by atoms with Crippen LogP contribution in [0.4, 0.5) is 0 Å². The Morgan fingerprint density at radius 3 is 2.86 bits per heavy atom. The van der Waals surface area contributed by atoms with Crippen molar-refractivity contribution in [3.63, 3.8) is 0 Å². The monoisotopic (exact) mass is 290 g/mol. The third kappa shape index (κ3) is 3.98. The van der Waals surface area contributed by atoms with Crippen LogP contribution in [-0.4, -0.2) is 32.2 Å². The maximum Gasteiger partial charge on any atom is 0.251 e. The summed E-state index contributed by atoms with van der Waals surface area (Å²) < 4.78 is 10.7. The zero-order chi connectivity index (χ0) is 15.2. The fourth-order valence-electron chi connectivity index (χ4n) is 2.20. The number of methoxy groups -OCH3 is 1. The molecule has 114 valence electrons. The van der Waals surface area contributed by atoms with Crippen molar-refractivity contribution in [2.24, 2.45) is 11.7 Å². The van der Waals surface area contributed by atoms with Crippen molar-refractivity contribution in [2.45, 2.75) is 18.9 Å². The van der Waals surface area contributed by atoms with Gasteiger partial charge in [-0.15, -0.1) is 0 Å². The molecule has 1 aromatic carbocycles. The summed E-state index contributed by atoms with van der Waals surface area (Å²) in [5, 5.41) is 2.98. The Balaban J connectivity index is 2.07. The van der Waals surface area contributed by atoms with E-state index in [2.05, 4.69) is 11.9 Å². The van der Waals surface area contributed by atoms with Crippen molar-refractivity contribution < 1.29 is 14.3 Å². The molecule has 2 rings (SSSR count). The molecule has 0 saturated heterocycles. The molecule has 1 saturated carbocycles. The molecule has 3 N–H and O–H groups in total. The lowest BCUT2D eigenvalue weighted by atomic mass is 10.1. The molecule has 0 aliphatic heterocycles. The smallest absolute Gasteiger partial charge is 0.251 e. The van der Waals surface area contributed by atoms with Crippen LogP contribution in [0.2, 0.25) is 0 Å². The Morgan fingerprint density at radius 1 is 1.52 bits per heavy atom. The molecule has 1 unspecified atom stereocenters. The summed E-state index contributed by atoms with van der Waals surface area (Å²) in [7, 11) is 1.55. The number of hydrogen-bond donors (Lipinski definition) is 2. The fourth-order valence-corrected chi connectivity index (χ4v) is 2.20. The predicted octanol–water partition coefficient (Wildman–Crippen LogP) is 1.73. The summed E-state index contributed by atoms with van der Waals surface area (Å²) in [5.74, 6) is 1.51.